The molecule has 3 heterocycles. The lowest BCUT2D eigenvalue weighted by atomic mass is 9.89. The molecule has 1 aromatic heterocycles. The molecule has 5 aromatic rings. The Labute approximate surface area is 239 Å². The van der Waals surface area contributed by atoms with Crippen LogP contribution in [0, 0.1) is 11.6 Å². The molecule has 0 spiro atoms. The maximum absolute atomic E-state index is 14.2. The number of rotatable bonds is 5. The van der Waals surface area contributed by atoms with Gasteiger partial charge in [-0.15, -0.1) is 0 Å². The summed E-state index contributed by atoms with van der Waals surface area (Å²) in [6, 6.07) is 23.8. The highest BCUT2D eigenvalue weighted by Crippen LogP contribution is 2.45. The number of aromatic amines is 1. The first-order valence-electron chi connectivity index (χ1n) is 13.5. The van der Waals surface area contributed by atoms with Crippen molar-refractivity contribution in [3.05, 3.63) is 137 Å². The second-order valence-corrected chi connectivity index (χ2v) is 10.4. The fourth-order valence-corrected chi connectivity index (χ4v) is 6.03. The molecule has 0 saturated carbocycles. The largest absolute Gasteiger partial charge is 0.356 e. The number of anilines is 1. The zero-order valence-corrected chi connectivity index (χ0v) is 22.2. The standard InChI is InChI=1S/C33H24F2N4O3/c34-21-13-9-19(10-14-21)18-36-31(40)24-6-2-4-8-27(24)39-32(41)28-17-25-23-5-1-3-7-26(23)37-29(25)30(38(28)33(39)42)20-11-15-22(35)16-12-20/h1-16,28,30,37H,17-18H2,(H,36,40)/t28-,30?/m0/s1. The van der Waals surface area contributed by atoms with Crippen molar-refractivity contribution in [1.82, 2.24) is 15.2 Å². The van der Waals surface area contributed by atoms with E-state index in [0.717, 1.165) is 27.1 Å². The molecule has 0 radical (unpaired) electrons. The van der Waals surface area contributed by atoms with Gasteiger partial charge in [0.2, 0.25) is 0 Å². The van der Waals surface area contributed by atoms with Crippen LogP contribution < -0.4 is 10.2 Å². The Bertz CT molecular complexity index is 1870. The molecule has 2 aliphatic rings. The minimum absolute atomic E-state index is 0.137. The molecule has 7 nitrogen and oxygen atoms in total. The quantitative estimate of drug-likeness (QED) is 0.263. The number of carbonyl (C=O) groups is 3. The van der Waals surface area contributed by atoms with Crippen LogP contribution in [0.25, 0.3) is 10.9 Å². The predicted octanol–water partition coefficient (Wildman–Crippen LogP) is 5.86. The van der Waals surface area contributed by atoms with E-state index in [-0.39, 0.29) is 30.0 Å². The summed E-state index contributed by atoms with van der Waals surface area (Å²) in [5, 5.41) is 3.75. The van der Waals surface area contributed by atoms with Crippen LogP contribution >= 0.6 is 0 Å². The second-order valence-electron chi connectivity index (χ2n) is 10.4. The molecule has 2 atom stereocenters. The number of nitrogens with zero attached hydrogens (tertiary/aromatic N) is 2. The van der Waals surface area contributed by atoms with Crippen LogP contribution in [0.15, 0.2) is 97.1 Å². The number of urea groups is 1. The second kappa shape index (κ2) is 9.95. The third kappa shape index (κ3) is 4.13. The van der Waals surface area contributed by atoms with Crippen molar-refractivity contribution in [2.75, 3.05) is 4.90 Å². The average molecular weight is 563 g/mol. The van der Waals surface area contributed by atoms with Crippen LogP contribution in [0.5, 0.6) is 0 Å². The summed E-state index contributed by atoms with van der Waals surface area (Å²) >= 11 is 0. The average Bonchev–Trinajstić information content (AvgIpc) is 3.50. The van der Waals surface area contributed by atoms with Gasteiger partial charge in [-0.1, -0.05) is 54.6 Å². The first-order chi connectivity index (χ1) is 20.4. The van der Waals surface area contributed by atoms with Crippen LogP contribution in [0.2, 0.25) is 0 Å². The van der Waals surface area contributed by atoms with E-state index in [1.54, 1.807) is 48.5 Å². The Morgan fingerprint density at radius 2 is 1.52 bits per heavy atom. The lowest BCUT2D eigenvalue weighted by Crippen LogP contribution is -2.44. The molecule has 9 heteroatoms. The minimum Gasteiger partial charge on any atom is -0.356 e. The Balaban J connectivity index is 1.27. The first-order valence-corrected chi connectivity index (χ1v) is 13.5. The van der Waals surface area contributed by atoms with Crippen molar-refractivity contribution in [2.45, 2.75) is 25.0 Å². The van der Waals surface area contributed by atoms with Gasteiger partial charge in [0.15, 0.2) is 0 Å². The Morgan fingerprint density at radius 1 is 0.857 bits per heavy atom. The normalized spacial score (nSPS) is 17.9. The molecule has 208 valence electrons. The topological polar surface area (TPSA) is 85.5 Å². The minimum atomic E-state index is -0.824. The number of halogens is 2. The lowest BCUT2D eigenvalue weighted by Gasteiger charge is -2.36. The number of benzene rings is 4. The zero-order chi connectivity index (χ0) is 29.0. The van der Waals surface area contributed by atoms with Gasteiger partial charge < -0.3 is 10.3 Å². The highest BCUT2D eigenvalue weighted by molar-refractivity contribution is 6.24. The SMILES string of the molecule is O=C(NCc1ccc(F)cc1)c1ccccc1N1C(=O)[C@@H]2Cc3c([nH]c4ccccc34)C(c3ccc(F)cc3)N2C1=O. The molecular formula is C33H24F2N4O3. The van der Waals surface area contributed by atoms with Crippen LogP contribution in [0.3, 0.4) is 0 Å². The summed E-state index contributed by atoms with van der Waals surface area (Å²) in [4.78, 5) is 47.6. The zero-order valence-electron chi connectivity index (χ0n) is 22.2. The van der Waals surface area contributed by atoms with Gasteiger partial charge in [-0.2, -0.15) is 0 Å². The molecule has 2 aliphatic heterocycles. The Hall–Kier alpha value is -5.31. The summed E-state index contributed by atoms with van der Waals surface area (Å²) in [6.45, 7) is 0.137. The van der Waals surface area contributed by atoms with E-state index in [1.165, 1.54) is 29.2 Å². The van der Waals surface area contributed by atoms with Crippen molar-refractivity contribution in [2.24, 2.45) is 0 Å². The number of aromatic nitrogens is 1. The number of carbonyl (C=O) groups excluding carboxylic acids is 3. The molecule has 4 aromatic carbocycles. The van der Waals surface area contributed by atoms with E-state index in [9.17, 15) is 23.2 Å². The third-order valence-corrected chi connectivity index (χ3v) is 7.99. The van der Waals surface area contributed by atoms with Crippen molar-refractivity contribution < 1.29 is 23.2 Å². The number of imide groups is 1. The Kier molecular flexibility index (Phi) is 6.08. The number of fused-ring (bicyclic) bond motifs is 4. The highest BCUT2D eigenvalue weighted by atomic mass is 19.1. The predicted molar refractivity (Wildman–Crippen MR) is 153 cm³/mol. The van der Waals surface area contributed by atoms with E-state index in [4.69, 9.17) is 0 Å². The molecule has 42 heavy (non-hydrogen) atoms. The summed E-state index contributed by atoms with van der Waals surface area (Å²) in [7, 11) is 0. The number of hydrogen-bond acceptors (Lipinski definition) is 3. The van der Waals surface area contributed by atoms with Crippen molar-refractivity contribution in [1.29, 1.82) is 0 Å². The Morgan fingerprint density at radius 3 is 2.29 bits per heavy atom. The number of H-pyrrole nitrogens is 1. The fourth-order valence-electron chi connectivity index (χ4n) is 6.03. The van der Waals surface area contributed by atoms with E-state index in [0.29, 0.717) is 11.1 Å². The molecule has 1 saturated heterocycles. The summed E-state index contributed by atoms with van der Waals surface area (Å²) in [6.07, 6.45) is 0.289. The summed E-state index contributed by atoms with van der Waals surface area (Å²) in [5.41, 5.74) is 4.26. The van der Waals surface area contributed by atoms with Gasteiger partial charge in [0, 0.05) is 29.6 Å². The molecule has 1 unspecified atom stereocenters. The van der Waals surface area contributed by atoms with Crippen LogP contribution in [-0.2, 0) is 17.8 Å². The van der Waals surface area contributed by atoms with Gasteiger partial charge in [0.1, 0.15) is 23.7 Å². The summed E-state index contributed by atoms with van der Waals surface area (Å²) < 4.78 is 27.2. The van der Waals surface area contributed by atoms with Crippen molar-refractivity contribution >= 4 is 34.4 Å². The smallest absolute Gasteiger partial charge is 0.332 e. The number of amides is 4. The van der Waals surface area contributed by atoms with Crippen LogP contribution in [-0.4, -0.2) is 33.8 Å². The number of para-hydroxylation sites is 2. The monoisotopic (exact) mass is 562 g/mol. The van der Waals surface area contributed by atoms with Crippen LogP contribution in [0.4, 0.5) is 19.3 Å². The lowest BCUT2D eigenvalue weighted by molar-refractivity contribution is -0.120. The number of nitrogens with one attached hydrogen (secondary N) is 2. The highest BCUT2D eigenvalue weighted by Gasteiger charge is 2.53. The number of hydrogen-bond donors (Lipinski definition) is 2. The van der Waals surface area contributed by atoms with E-state index < -0.39 is 35.7 Å². The van der Waals surface area contributed by atoms with Crippen LogP contribution in [0.1, 0.15) is 38.8 Å². The fraction of sp³-hybridized carbons (Fsp3) is 0.121. The maximum Gasteiger partial charge on any atom is 0.332 e. The third-order valence-electron chi connectivity index (χ3n) is 7.99. The van der Waals surface area contributed by atoms with Gasteiger partial charge in [-0.25, -0.2) is 18.5 Å². The van der Waals surface area contributed by atoms with E-state index in [1.807, 2.05) is 24.3 Å². The van der Waals surface area contributed by atoms with Crippen molar-refractivity contribution in [3.8, 4) is 0 Å². The maximum atomic E-state index is 14.2. The van der Waals surface area contributed by atoms with Crippen molar-refractivity contribution in [3.63, 3.8) is 0 Å². The van der Waals surface area contributed by atoms with Gasteiger partial charge in [0.25, 0.3) is 11.8 Å². The van der Waals surface area contributed by atoms with Gasteiger partial charge in [0.05, 0.1) is 11.3 Å². The first kappa shape index (κ1) is 25.6. The van der Waals surface area contributed by atoms with E-state index in [2.05, 4.69) is 10.3 Å². The molecule has 0 aliphatic carbocycles. The van der Waals surface area contributed by atoms with Gasteiger partial charge in [-0.3, -0.25) is 14.5 Å². The van der Waals surface area contributed by atoms with Gasteiger partial charge >= 0.3 is 6.03 Å². The van der Waals surface area contributed by atoms with Gasteiger partial charge in [-0.05, 0) is 59.2 Å². The van der Waals surface area contributed by atoms with E-state index >= 15 is 0 Å². The molecule has 0 bridgehead atoms. The molecule has 2 N–H and O–H groups in total. The molecule has 4 amide bonds. The molecule has 1 fully saturated rings. The molecular weight excluding hydrogens is 538 g/mol. The summed E-state index contributed by atoms with van der Waals surface area (Å²) in [5.74, 6) is -1.71. The molecule has 7 rings (SSSR count).